The maximum Gasteiger partial charge on any atom is 0.111 e. The standard InChI is InChI=1S/C11H17NOS/c1-8-5-6-10(14-8)11(2,13)9-4-3-7-12-9/h5-6,9,12-13H,3-4,7H2,1-2H3. The van der Waals surface area contributed by atoms with Gasteiger partial charge in [0, 0.05) is 15.8 Å². The van der Waals surface area contributed by atoms with Crippen molar-refractivity contribution in [3.63, 3.8) is 0 Å². The number of hydrogen-bond acceptors (Lipinski definition) is 3. The molecule has 0 amide bonds. The molecule has 2 unspecified atom stereocenters. The summed E-state index contributed by atoms with van der Waals surface area (Å²) < 4.78 is 0. The lowest BCUT2D eigenvalue weighted by Crippen LogP contribution is -2.42. The van der Waals surface area contributed by atoms with Gasteiger partial charge in [0.05, 0.1) is 0 Å². The summed E-state index contributed by atoms with van der Waals surface area (Å²) in [7, 11) is 0. The van der Waals surface area contributed by atoms with E-state index in [0.29, 0.717) is 0 Å². The number of aliphatic hydroxyl groups is 1. The van der Waals surface area contributed by atoms with Gasteiger partial charge in [-0.05, 0) is 45.4 Å². The third-order valence-electron chi connectivity index (χ3n) is 2.98. The van der Waals surface area contributed by atoms with Crippen LogP contribution in [0.5, 0.6) is 0 Å². The van der Waals surface area contributed by atoms with Crippen molar-refractivity contribution < 1.29 is 5.11 Å². The van der Waals surface area contributed by atoms with Gasteiger partial charge in [-0.3, -0.25) is 0 Å². The van der Waals surface area contributed by atoms with Gasteiger partial charge in [-0.15, -0.1) is 11.3 Å². The van der Waals surface area contributed by atoms with Gasteiger partial charge in [0.1, 0.15) is 5.60 Å². The van der Waals surface area contributed by atoms with Gasteiger partial charge in [0.2, 0.25) is 0 Å². The van der Waals surface area contributed by atoms with Crippen LogP contribution < -0.4 is 5.32 Å². The lowest BCUT2D eigenvalue weighted by atomic mass is 9.93. The van der Waals surface area contributed by atoms with E-state index in [1.807, 2.05) is 13.0 Å². The molecule has 1 aromatic rings. The van der Waals surface area contributed by atoms with Crippen molar-refractivity contribution in [2.75, 3.05) is 6.54 Å². The molecule has 0 bridgehead atoms. The smallest absolute Gasteiger partial charge is 0.111 e. The van der Waals surface area contributed by atoms with Crippen molar-refractivity contribution in [3.8, 4) is 0 Å². The fourth-order valence-electron chi connectivity index (χ4n) is 2.04. The first kappa shape index (κ1) is 10.1. The van der Waals surface area contributed by atoms with Crippen LogP contribution in [0.15, 0.2) is 12.1 Å². The summed E-state index contributed by atoms with van der Waals surface area (Å²) in [6.07, 6.45) is 2.25. The first-order valence-electron chi connectivity index (χ1n) is 5.13. The van der Waals surface area contributed by atoms with Crippen molar-refractivity contribution in [2.45, 2.75) is 38.3 Å². The first-order valence-corrected chi connectivity index (χ1v) is 5.95. The van der Waals surface area contributed by atoms with Crippen molar-refractivity contribution in [1.82, 2.24) is 5.32 Å². The van der Waals surface area contributed by atoms with Crippen LogP contribution in [0.4, 0.5) is 0 Å². The maximum absolute atomic E-state index is 10.4. The molecule has 0 spiro atoms. The quantitative estimate of drug-likeness (QED) is 0.784. The first-order chi connectivity index (χ1) is 6.60. The summed E-state index contributed by atoms with van der Waals surface area (Å²) >= 11 is 1.69. The second-order valence-corrected chi connectivity index (χ2v) is 5.49. The minimum absolute atomic E-state index is 0.223. The predicted molar refractivity (Wildman–Crippen MR) is 59.7 cm³/mol. The molecule has 1 aliphatic heterocycles. The molecule has 0 saturated carbocycles. The van der Waals surface area contributed by atoms with Gasteiger partial charge >= 0.3 is 0 Å². The van der Waals surface area contributed by atoms with Gasteiger partial charge in [-0.1, -0.05) is 0 Å². The molecule has 1 aromatic heterocycles. The molecule has 1 saturated heterocycles. The van der Waals surface area contributed by atoms with Crippen LogP contribution in [-0.4, -0.2) is 17.7 Å². The van der Waals surface area contributed by atoms with Crippen LogP contribution in [-0.2, 0) is 5.60 Å². The van der Waals surface area contributed by atoms with Crippen LogP contribution in [0.25, 0.3) is 0 Å². The minimum Gasteiger partial charge on any atom is -0.383 e. The maximum atomic E-state index is 10.4. The molecule has 78 valence electrons. The summed E-state index contributed by atoms with van der Waals surface area (Å²) in [6.45, 7) is 5.03. The summed E-state index contributed by atoms with van der Waals surface area (Å²) in [4.78, 5) is 2.34. The normalized spacial score (nSPS) is 26.4. The Morgan fingerprint density at radius 2 is 2.36 bits per heavy atom. The lowest BCUT2D eigenvalue weighted by molar-refractivity contribution is 0.0254. The zero-order valence-corrected chi connectivity index (χ0v) is 9.53. The van der Waals surface area contributed by atoms with Crippen molar-refractivity contribution in [2.24, 2.45) is 0 Å². The third-order valence-corrected chi connectivity index (χ3v) is 4.21. The van der Waals surface area contributed by atoms with Crippen molar-refractivity contribution in [3.05, 3.63) is 21.9 Å². The van der Waals surface area contributed by atoms with Crippen molar-refractivity contribution >= 4 is 11.3 Å². The molecular formula is C11H17NOS. The Kier molecular flexibility index (Phi) is 2.64. The molecule has 2 N–H and O–H groups in total. The van der Waals surface area contributed by atoms with E-state index in [1.165, 1.54) is 11.3 Å². The van der Waals surface area contributed by atoms with E-state index in [1.54, 1.807) is 11.3 Å². The Bertz CT molecular complexity index is 313. The van der Waals surface area contributed by atoms with E-state index < -0.39 is 5.60 Å². The van der Waals surface area contributed by atoms with Crippen LogP contribution in [0.3, 0.4) is 0 Å². The SMILES string of the molecule is Cc1ccc(C(C)(O)C2CCCN2)s1. The summed E-state index contributed by atoms with van der Waals surface area (Å²) in [6, 6.07) is 4.34. The molecule has 2 heterocycles. The average molecular weight is 211 g/mol. The second-order valence-electron chi connectivity index (χ2n) is 4.21. The number of thiophene rings is 1. The monoisotopic (exact) mass is 211 g/mol. The molecule has 1 aliphatic rings. The van der Waals surface area contributed by atoms with Crippen LogP contribution in [0.2, 0.25) is 0 Å². The molecule has 2 nitrogen and oxygen atoms in total. The molecule has 0 aromatic carbocycles. The highest BCUT2D eigenvalue weighted by molar-refractivity contribution is 7.12. The lowest BCUT2D eigenvalue weighted by Gasteiger charge is -2.29. The molecule has 1 fully saturated rings. The number of aryl methyl sites for hydroxylation is 1. The highest BCUT2D eigenvalue weighted by Gasteiger charge is 2.36. The highest BCUT2D eigenvalue weighted by atomic mass is 32.1. The summed E-state index contributed by atoms with van der Waals surface area (Å²) in [5.74, 6) is 0. The summed E-state index contributed by atoms with van der Waals surface area (Å²) in [5, 5.41) is 13.8. The van der Waals surface area contributed by atoms with Gasteiger partial charge < -0.3 is 10.4 Å². The van der Waals surface area contributed by atoms with E-state index in [9.17, 15) is 5.11 Å². The second kappa shape index (κ2) is 3.65. The largest absolute Gasteiger partial charge is 0.383 e. The van der Waals surface area contributed by atoms with Gasteiger partial charge in [0.15, 0.2) is 0 Å². The fraction of sp³-hybridized carbons (Fsp3) is 0.636. The molecule has 3 heteroatoms. The Morgan fingerprint density at radius 1 is 1.57 bits per heavy atom. The molecule has 2 atom stereocenters. The van der Waals surface area contributed by atoms with E-state index in [4.69, 9.17) is 0 Å². The fourth-order valence-corrected chi connectivity index (χ4v) is 3.01. The zero-order chi connectivity index (χ0) is 10.2. The molecule has 2 rings (SSSR count). The zero-order valence-electron chi connectivity index (χ0n) is 8.71. The van der Waals surface area contributed by atoms with Gasteiger partial charge in [-0.25, -0.2) is 0 Å². The number of hydrogen-bond donors (Lipinski definition) is 2. The molecule has 14 heavy (non-hydrogen) atoms. The molecular weight excluding hydrogens is 194 g/mol. The van der Waals surface area contributed by atoms with E-state index >= 15 is 0 Å². The van der Waals surface area contributed by atoms with Gasteiger partial charge in [0.25, 0.3) is 0 Å². The predicted octanol–water partition coefficient (Wildman–Crippen LogP) is 2.02. The van der Waals surface area contributed by atoms with E-state index in [2.05, 4.69) is 18.3 Å². The van der Waals surface area contributed by atoms with Crippen LogP contribution >= 0.6 is 11.3 Å². The van der Waals surface area contributed by atoms with E-state index in [0.717, 1.165) is 17.8 Å². The van der Waals surface area contributed by atoms with Crippen LogP contribution in [0.1, 0.15) is 29.5 Å². The number of rotatable bonds is 2. The van der Waals surface area contributed by atoms with Gasteiger partial charge in [-0.2, -0.15) is 0 Å². The average Bonchev–Trinajstić information content (AvgIpc) is 2.72. The Morgan fingerprint density at radius 3 is 2.86 bits per heavy atom. The Balaban J connectivity index is 2.22. The Hall–Kier alpha value is -0.380. The van der Waals surface area contributed by atoms with Crippen LogP contribution in [0, 0.1) is 6.92 Å². The number of nitrogens with one attached hydrogen (secondary N) is 1. The Labute approximate surface area is 89.0 Å². The van der Waals surface area contributed by atoms with E-state index in [-0.39, 0.29) is 6.04 Å². The summed E-state index contributed by atoms with van der Waals surface area (Å²) in [5.41, 5.74) is -0.699. The molecule has 0 aliphatic carbocycles. The highest BCUT2D eigenvalue weighted by Crippen LogP contribution is 2.33. The minimum atomic E-state index is -0.699. The van der Waals surface area contributed by atoms with Crippen molar-refractivity contribution in [1.29, 1.82) is 0 Å². The topological polar surface area (TPSA) is 32.3 Å². The molecule has 0 radical (unpaired) electrons. The third kappa shape index (κ3) is 1.72.